The molecule has 14 heteroatoms. The van der Waals surface area contributed by atoms with Crippen molar-refractivity contribution in [2.45, 2.75) is 25.3 Å². The largest absolute Gasteiger partial charge is 0.480 e. The molecule has 2 heterocycles. The monoisotopic (exact) mass is 570 g/mol. The lowest BCUT2D eigenvalue weighted by atomic mass is 10.1. The summed E-state index contributed by atoms with van der Waals surface area (Å²) in [5.41, 5.74) is 0. The van der Waals surface area contributed by atoms with E-state index in [2.05, 4.69) is 47.4 Å². The molecule has 0 aromatic carbocycles. The molecule has 2 aliphatic rings. The van der Waals surface area contributed by atoms with Crippen molar-refractivity contribution >= 4 is 17.8 Å². The summed E-state index contributed by atoms with van der Waals surface area (Å²) in [7, 11) is 0. The Morgan fingerprint density at radius 3 is 1.43 bits per heavy atom. The SMILES string of the molecule is O=C(CN1CCNCCNCCNCC1)NCCCC[C@H](NC(=O)CN1CCNCCNCCNCC1)C(=O)O. The van der Waals surface area contributed by atoms with Crippen LogP contribution >= 0.6 is 0 Å². The molecule has 14 nitrogen and oxygen atoms in total. The van der Waals surface area contributed by atoms with Crippen molar-refractivity contribution in [2.24, 2.45) is 0 Å². The van der Waals surface area contributed by atoms with Crippen LogP contribution in [-0.2, 0) is 14.4 Å². The van der Waals surface area contributed by atoms with Crippen molar-refractivity contribution < 1.29 is 19.5 Å². The number of amides is 2. The van der Waals surface area contributed by atoms with Crippen LogP contribution in [0, 0.1) is 0 Å². The number of carbonyl (C=O) groups excluding carboxylic acids is 2. The van der Waals surface area contributed by atoms with Crippen LogP contribution in [0.4, 0.5) is 0 Å². The highest BCUT2D eigenvalue weighted by Gasteiger charge is 2.21. The van der Waals surface area contributed by atoms with E-state index in [9.17, 15) is 19.5 Å². The average Bonchev–Trinajstić information content (AvgIpc) is 2.90. The maximum absolute atomic E-state index is 12.7. The zero-order chi connectivity index (χ0) is 28.7. The minimum atomic E-state index is -1.03. The van der Waals surface area contributed by atoms with Gasteiger partial charge in [0.2, 0.25) is 11.8 Å². The number of hydrogen-bond acceptors (Lipinski definition) is 11. The van der Waals surface area contributed by atoms with E-state index in [1.165, 1.54) is 0 Å². The van der Waals surface area contributed by atoms with Gasteiger partial charge in [0.05, 0.1) is 13.1 Å². The fraction of sp³-hybridized carbons (Fsp3) is 0.885. The fourth-order valence-electron chi connectivity index (χ4n) is 4.61. The first kappa shape index (κ1) is 34.3. The number of aliphatic carboxylic acids is 1. The summed E-state index contributed by atoms with van der Waals surface area (Å²) in [6.45, 7) is 14.5. The third-order valence-corrected chi connectivity index (χ3v) is 6.94. The zero-order valence-electron chi connectivity index (χ0n) is 24.2. The van der Waals surface area contributed by atoms with E-state index in [1.54, 1.807) is 0 Å². The number of nitrogens with one attached hydrogen (secondary N) is 8. The highest BCUT2D eigenvalue weighted by molar-refractivity contribution is 5.84. The van der Waals surface area contributed by atoms with Crippen LogP contribution in [0.25, 0.3) is 0 Å². The first-order valence-electron chi connectivity index (χ1n) is 15.0. The van der Waals surface area contributed by atoms with Gasteiger partial charge in [-0.05, 0) is 19.3 Å². The van der Waals surface area contributed by atoms with Crippen molar-refractivity contribution in [3.05, 3.63) is 0 Å². The quantitative estimate of drug-likeness (QED) is 0.110. The summed E-state index contributed by atoms with van der Waals surface area (Å²) in [4.78, 5) is 41.1. The summed E-state index contributed by atoms with van der Waals surface area (Å²) in [5, 5.41) is 35.5. The molecule has 9 N–H and O–H groups in total. The Bertz CT molecular complexity index is 678. The lowest BCUT2D eigenvalue weighted by molar-refractivity contribution is -0.142. The second kappa shape index (κ2) is 22.7. The standard InChI is InChI=1S/C26H54N10O4/c37-24(21-35-17-13-29-9-5-27-6-10-30-14-18-35)33-4-2-1-3-23(26(39)40)34-25(38)22-36-19-15-31-11-7-28-8-12-32-16-20-36/h23,27-32H,1-22H2,(H,33,37)(H,34,38)(H,39,40)/t23-/m0/s1. The van der Waals surface area contributed by atoms with E-state index in [4.69, 9.17) is 0 Å². The van der Waals surface area contributed by atoms with Crippen molar-refractivity contribution in [1.82, 2.24) is 52.3 Å². The smallest absolute Gasteiger partial charge is 0.326 e. The fourth-order valence-corrected chi connectivity index (χ4v) is 4.61. The van der Waals surface area contributed by atoms with Gasteiger partial charge in [-0.2, -0.15) is 0 Å². The Balaban J connectivity index is 1.64. The van der Waals surface area contributed by atoms with Crippen LogP contribution in [0.2, 0.25) is 0 Å². The molecule has 232 valence electrons. The molecule has 2 amide bonds. The number of carbonyl (C=O) groups is 3. The van der Waals surface area contributed by atoms with Crippen molar-refractivity contribution in [3.8, 4) is 0 Å². The number of nitrogens with zero attached hydrogens (tertiary/aromatic N) is 2. The molecular formula is C26H54N10O4. The lowest BCUT2D eigenvalue weighted by Crippen LogP contribution is -2.48. The molecule has 0 radical (unpaired) electrons. The maximum Gasteiger partial charge on any atom is 0.326 e. The molecule has 0 spiro atoms. The predicted octanol–water partition coefficient (Wildman–Crippen LogP) is -3.99. The van der Waals surface area contributed by atoms with Gasteiger partial charge in [0, 0.05) is 111 Å². The Hall–Kier alpha value is -1.91. The van der Waals surface area contributed by atoms with Crippen molar-refractivity contribution in [2.75, 3.05) is 124 Å². The summed E-state index contributed by atoms with van der Waals surface area (Å²) in [6.07, 6.45) is 1.57. The molecule has 2 rings (SSSR count). The minimum Gasteiger partial charge on any atom is -0.480 e. The van der Waals surface area contributed by atoms with Crippen LogP contribution < -0.4 is 42.5 Å². The Kier molecular flexibility index (Phi) is 19.5. The van der Waals surface area contributed by atoms with Crippen LogP contribution in [0.1, 0.15) is 19.3 Å². The van der Waals surface area contributed by atoms with E-state index in [0.29, 0.717) is 45.4 Å². The van der Waals surface area contributed by atoms with Gasteiger partial charge in [-0.1, -0.05) is 0 Å². The molecule has 40 heavy (non-hydrogen) atoms. The zero-order valence-corrected chi connectivity index (χ0v) is 24.2. The van der Waals surface area contributed by atoms with Gasteiger partial charge in [0.15, 0.2) is 0 Å². The van der Waals surface area contributed by atoms with E-state index in [1.807, 2.05) is 4.90 Å². The number of carboxylic acids is 1. The van der Waals surface area contributed by atoms with Crippen LogP contribution in [0.3, 0.4) is 0 Å². The van der Waals surface area contributed by atoms with Gasteiger partial charge in [-0.3, -0.25) is 19.4 Å². The number of unbranched alkanes of at least 4 members (excludes halogenated alkanes) is 1. The Morgan fingerprint density at radius 2 is 1.00 bits per heavy atom. The molecule has 0 saturated carbocycles. The molecule has 2 saturated heterocycles. The number of rotatable bonds is 11. The molecule has 0 aromatic rings. The van der Waals surface area contributed by atoms with Gasteiger partial charge >= 0.3 is 5.97 Å². The normalized spacial score (nSPS) is 21.0. The van der Waals surface area contributed by atoms with Crippen molar-refractivity contribution in [1.29, 1.82) is 0 Å². The predicted molar refractivity (Wildman–Crippen MR) is 157 cm³/mol. The summed E-state index contributed by atoms with van der Waals surface area (Å²) in [5.74, 6) is -1.33. The third-order valence-electron chi connectivity index (χ3n) is 6.94. The first-order valence-corrected chi connectivity index (χ1v) is 15.0. The van der Waals surface area contributed by atoms with Gasteiger partial charge in [0.1, 0.15) is 6.04 Å². The molecule has 0 aromatic heterocycles. The molecule has 0 unspecified atom stereocenters. The topological polar surface area (TPSA) is 174 Å². The minimum absolute atomic E-state index is 0.0248. The molecule has 2 aliphatic heterocycles. The maximum atomic E-state index is 12.7. The van der Waals surface area contributed by atoms with E-state index in [0.717, 1.165) is 91.6 Å². The van der Waals surface area contributed by atoms with Crippen LogP contribution in [-0.4, -0.2) is 163 Å². The van der Waals surface area contributed by atoms with E-state index >= 15 is 0 Å². The van der Waals surface area contributed by atoms with Gasteiger partial charge in [0.25, 0.3) is 0 Å². The lowest BCUT2D eigenvalue weighted by Gasteiger charge is -2.24. The molecular weight excluding hydrogens is 516 g/mol. The first-order chi connectivity index (χ1) is 19.5. The van der Waals surface area contributed by atoms with Crippen LogP contribution in [0.15, 0.2) is 0 Å². The molecule has 0 aliphatic carbocycles. The summed E-state index contributed by atoms with van der Waals surface area (Å²) < 4.78 is 0. The average molecular weight is 571 g/mol. The molecule has 1 atom stereocenters. The molecule has 0 bridgehead atoms. The van der Waals surface area contributed by atoms with Crippen LogP contribution in [0.5, 0.6) is 0 Å². The third kappa shape index (κ3) is 17.7. The van der Waals surface area contributed by atoms with E-state index in [-0.39, 0.29) is 18.4 Å². The highest BCUT2D eigenvalue weighted by atomic mass is 16.4. The molecule has 2 fully saturated rings. The highest BCUT2D eigenvalue weighted by Crippen LogP contribution is 2.02. The van der Waals surface area contributed by atoms with Crippen molar-refractivity contribution in [3.63, 3.8) is 0 Å². The summed E-state index contributed by atoms with van der Waals surface area (Å²) >= 11 is 0. The van der Waals surface area contributed by atoms with Gasteiger partial charge < -0.3 is 47.6 Å². The van der Waals surface area contributed by atoms with Gasteiger partial charge in [-0.25, -0.2) is 4.79 Å². The summed E-state index contributed by atoms with van der Waals surface area (Å²) in [6, 6.07) is -0.935. The second-order valence-electron chi connectivity index (χ2n) is 10.4. The Morgan fingerprint density at radius 1 is 0.600 bits per heavy atom. The van der Waals surface area contributed by atoms with Gasteiger partial charge in [-0.15, -0.1) is 0 Å². The number of carboxylic acid groups (broad SMARTS) is 1. The number of hydrogen-bond donors (Lipinski definition) is 9. The Labute approximate surface area is 239 Å². The van der Waals surface area contributed by atoms with E-state index < -0.39 is 12.0 Å². The second-order valence-corrected chi connectivity index (χ2v) is 10.4.